The lowest BCUT2D eigenvalue weighted by Gasteiger charge is -2.32. The van der Waals surface area contributed by atoms with E-state index in [4.69, 9.17) is 8.94 Å². The van der Waals surface area contributed by atoms with E-state index in [0.717, 1.165) is 12.8 Å². The molecule has 2 amide bonds. The molecule has 3 aromatic rings. The average molecular weight is 410 g/mol. The van der Waals surface area contributed by atoms with Gasteiger partial charge < -0.3 is 23.7 Å². The maximum absolute atomic E-state index is 12.6. The van der Waals surface area contributed by atoms with Gasteiger partial charge in [0, 0.05) is 38.9 Å². The maximum Gasteiger partial charge on any atom is 0.273 e. The van der Waals surface area contributed by atoms with E-state index >= 15 is 0 Å². The van der Waals surface area contributed by atoms with Crippen molar-refractivity contribution in [3.05, 3.63) is 64.4 Å². The summed E-state index contributed by atoms with van der Waals surface area (Å²) in [5, 5.41) is 6.66. The molecular formula is C21H22N4O5. The number of pyridine rings is 1. The molecule has 9 heteroatoms. The third-order valence-electron chi connectivity index (χ3n) is 5.31. The Hall–Kier alpha value is -3.62. The van der Waals surface area contributed by atoms with E-state index in [1.807, 2.05) is 0 Å². The van der Waals surface area contributed by atoms with Crippen LogP contribution in [0.25, 0.3) is 11.5 Å². The molecule has 0 aromatic carbocycles. The summed E-state index contributed by atoms with van der Waals surface area (Å²) in [6, 6.07) is 8.24. The van der Waals surface area contributed by atoms with Gasteiger partial charge in [-0.3, -0.25) is 14.4 Å². The van der Waals surface area contributed by atoms with E-state index in [9.17, 15) is 14.4 Å². The Bertz CT molecular complexity index is 1090. The lowest BCUT2D eigenvalue weighted by Crippen LogP contribution is -2.43. The van der Waals surface area contributed by atoms with Crippen LogP contribution < -0.4 is 10.9 Å². The smallest absolute Gasteiger partial charge is 0.273 e. The van der Waals surface area contributed by atoms with Gasteiger partial charge in [-0.15, -0.1) is 0 Å². The fourth-order valence-electron chi connectivity index (χ4n) is 3.52. The minimum Gasteiger partial charge on any atom is -0.461 e. The van der Waals surface area contributed by atoms with Gasteiger partial charge in [0.15, 0.2) is 11.5 Å². The van der Waals surface area contributed by atoms with Gasteiger partial charge in [0.1, 0.15) is 5.56 Å². The number of rotatable bonds is 5. The van der Waals surface area contributed by atoms with Crippen molar-refractivity contribution >= 4 is 11.8 Å². The van der Waals surface area contributed by atoms with Crippen molar-refractivity contribution in [3.63, 3.8) is 0 Å². The van der Waals surface area contributed by atoms with Crippen LogP contribution in [0.3, 0.4) is 0 Å². The van der Waals surface area contributed by atoms with E-state index in [-0.39, 0.29) is 34.5 Å². The Labute approximate surface area is 172 Å². The van der Waals surface area contributed by atoms with Gasteiger partial charge in [-0.25, -0.2) is 0 Å². The van der Waals surface area contributed by atoms with Crippen molar-refractivity contribution in [2.24, 2.45) is 13.0 Å². The predicted octanol–water partition coefficient (Wildman–Crippen LogP) is 1.92. The Kier molecular flexibility index (Phi) is 5.51. The molecule has 0 saturated carbocycles. The van der Waals surface area contributed by atoms with Crippen LogP contribution in [-0.2, 0) is 7.05 Å². The summed E-state index contributed by atoms with van der Waals surface area (Å²) in [6.45, 7) is 1.57. The second kappa shape index (κ2) is 8.40. The molecule has 30 heavy (non-hydrogen) atoms. The first-order valence-corrected chi connectivity index (χ1v) is 9.76. The number of nitrogens with one attached hydrogen (secondary N) is 1. The van der Waals surface area contributed by atoms with Gasteiger partial charge in [0.2, 0.25) is 5.76 Å². The van der Waals surface area contributed by atoms with Crippen molar-refractivity contribution in [2.75, 3.05) is 19.6 Å². The third-order valence-corrected chi connectivity index (χ3v) is 5.31. The van der Waals surface area contributed by atoms with E-state index in [0.29, 0.717) is 31.2 Å². The summed E-state index contributed by atoms with van der Waals surface area (Å²) >= 11 is 0. The molecule has 1 fully saturated rings. The Morgan fingerprint density at radius 2 is 2.00 bits per heavy atom. The summed E-state index contributed by atoms with van der Waals surface area (Å²) in [4.78, 5) is 38.8. The van der Waals surface area contributed by atoms with Crippen LogP contribution in [0.15, 0.2) is 56.5 Å². The van der Waals surface area contributed by atoms with Gasteiger partial charge in [-0.1, -0.05) is 5.16 Å². The van der Waals surface area contributed by atoms with Crippen molar-refractivity contribution in [2.45, 2.75) is 12.8 Å². The normalized spacial score (nSPS) is 14.6. The topological polar surface area (TPSA) is 111 Å². The van der Waals surface area contributed by atoms with Crippen LogP contribution >= 0.6 is 0 Å². The number of nitrogens with zero attached hydrogens (tertiary/aromatic N) is 3. The molecule has 1 saturated heterocycles. The van der Waals surface area contributed by atoms with Crippen LogP contribution in [0.5, 0.6) is 0 Å². The zero-order valence-electron chi connectivity index (χ0n) is 16.5. The highest BCUT2D eigenvalue weighted by Gasteiger charge is 2.26. The molecule has 0 aliphatic carbocycles. The second-order valence-electron chi connectivity index (χ2n) is 7.34. The first-order valence-electron chi connectivity index (χ1n) is 9.76. The van der Waals surface area contributed by atoms with Crippen molar-refractivity contribution in [3.8, 4) is 11.5 Å². The van der Waals surface area contributed by atoms with E-state index in [2.05, 4.69) is 10.5 Å². The number of aryl methyl sites for hydroxylation is 1. The van der Waals surface area contributed by atoms with Crippen LogP contribution in [-0.4, -0.2) is 46.1 Å². The summed E-state index contributed by atoms with van der Waals surface area (Å²) in [6.07, 6.45) is 4.64. The molecule has 0 atom stereocenters. The molecule has 4 rings (SSSR count). The minimum absolute atomic E-state index is 0.185. The van der Waals surface area contributed by atoms with E-state index < -0.39 is 0 Å². The Morgan fingerprint density at radius 3 is 2.73 bits per heavy atom. The Morgan fingerprint density at radius 1 is 1.20 bits per heavy atom. The number of likely N-dealkylation sites (tertiary alicyclic amines) is 1. The molecule has 1 aliphatic rings. The number of carbonyl (C=O) groups excluding carboxylic acids is 2. The number of furan rings is 1. The molecule has 0 spiro atoms. The number of amides is 2. The fraction of sp³-hybridized carbons (Fsp3) is 0.333. The number of aromatic nitrogens is 2. The van der Waals surface area contributed by atoms with Gasteiger partial charge in [0.25, 0.3) is 17.4 Å². The highest BCUT2D eigenvalue weighted by Crippen LogP contribution is 2.21. The molecule has 3 aromatic heterocycles. The minimum atomic E-state index is -0.317. The van der Waals surface area contributed by atoms with Crippen LogP contribution in [0, 0.1) is 5.92 Å². The van der Waals surface area contributed by atoms with E-state index in [1.165, 1.54) is 16.9 Å². The molecule has 156 valence electrons. The first kappa shape index (κ1) is 19.7. The SMILES string of the molecule is Cn1cccc(C(=O)N2CCC(CNC(=O)c3cc(-c4ccco4)on3)CC2)c1=O. The summed E-state index contributed by atoms with van der Waals surface area (Å²) < 4.78 is 11.8. The molecular weight excluding hydrogens is 388 g/mol. The molecule has 9 nitrogen and oxygen atoms in total. The molecule has 1 N–H and O–H groups in total. The van der Waals surface area contributed by atoms with Crippen molar-refractivity contribution < 1.29 is 18.5 Å². The van der Waals surface area contributed by atoms with Crippen LogP contribution in [0.2, 0.25) is 0 Å². The highest BCUT2D eigenvalue weighted by molar-refractivity contribution is 5.94. The Balaban J connectivity index is 1.28. The van der Waals surface area contributed by atoms with Gasteiger partial charge in [0.05, 0.1) is 6.26 Å². The highest BCUT2D eigenvalue weighted by atomic mass is 16.5. The number of carbonyl (C=O) groups is 2. The number of hydrogen-bond acceptors (Lipinski definition) is 6. The second-order valence-corrected chi connectivity index (χ2v) is 7.34. The average Bonchev–Trinajstić information content (AvgIpc) is 3.46. The van der Waals surface area contributed by atoms with Crippen molar-refractivity contribution in [1.82, 2.24) is 19.9 Å². The molecule has 1 aliphatic heterocycles. The summed E-state index contributed by atoms with van der Waals surface area (Å²) in [5.74, 6) is 0.582. The lowest BCUT2D eigenvalue weighted by atomic mass is 9.96. The predicted molar refractivity (Wildman–Crippen MR) is 107 cm³/mol. The zero-order valence-corrected chi connectivity index (χ0v) is 16.5. The quantitative estimate of drug-likeness (QED) is 0.688. The zero-order chi connectivity index (χ0) is 21.1. The van der Waals surface area contributed by atoms with Gasteiger partial charge in [-0.2, -0.15) is 0 Å². The molecule has 0 unspecified atom stereocenters. The monoisotopic (exact) mass is 410 g/mol. The first-order chi connectivity index (χ1) is 14.5. The molecule has 4 heterocycles. The fourth-order valence-corrected chi connectivity index (χ4v) is 3.52. The molecule has 0 bridgehead atoms. The number of piperidine rings is 1. The summed E-state index contributed by atoms with van der Waals surface area (Å²) in [5.41, 5.74) is 0.0810. The van der Waals surface area contributed by atoms with Crippen LogP contribution in [0.4, 0.5) is 0 Å². The number of hydrogen-bond donors (Lipinski definition) is 1. The standard InChI is InChI=1S/C21H22N4O5/c1-24-8-2-4-15(20(24)27)21(28)25-9-6-14(7-10-25)13-22-19(26)16-12-18(30-23-16)17-5-3-11-29-17/h2-5,8,11-12,14H,6-7,9-10,13H2,1H3,(H,22,26). The van der Waals surface area contributed by atoms with Gasteiger partial charge in [-0.05, 0) is 43.0 Å². The lowest BCUT2D eigenvalue weighted by molar-refractivity contribution is 0.0681. The third kappa shape index (κ3) is 4.05. The maximum atomic E-state index is 12.6. The largest absolute Gasteiger partial charge is 0.461 e. The van der Waals surface area contributed by atoms with Gasteiger partial charge >= 0.3 is 0 Å². The van der Waals surface area contributed by atoms with E-state index in [1.54, 1.807) is 42.4 Å². The summed E-state index contributed by atoms with van der Waals surface area (Å²) in [7, 11) is 1.63. The van der Waals surface area contributed by atoms with Crippen molar-refractivity contribution in [1.29, 1.82) is 0 Å². The molecule has 0 radical (unpaired) electrons. The van der Waals surface area contributed by atoms with Crippen LogP contribution in [0.1, 0.15) is 33.7 Å².